The van der Waals surface area contributed by atoms with Gasteiger partial charge in [-0.15, -0.1) is 0 Å². The Morgan fingerprint density at radius 2 is 1.77 bits per heavy atom. The Morgan fingerprint density at radius 1 is 1.10 bits per heavy atom. The van der Waals surface area contributed by atoms with Gasteiger partial charge in [0.05, 0.1) is 23.1 Å². The maximum absolute atomic E-state index is 13.8. The molecule has 0 unspecified atom stereocenters. The molecule has 0 bridgehead atoms. The van der Waals surface area contributed by atoms with Crippen molar-refractivity contribution in [3.63, 3.8) is 0 Å². The van der Waals surface area contributed by atoms with Crippen molar-refractivity contribution >= 4 is 5.57 Å². The number of halogens is 2. The molecule has 5 nitrogen and oxygen atoms in total. The van der Waals surface area contributed by atoms with E-state index >= 15 is 0 Å². The first-order chi connectivity index (χ1) is 14.7. The Labute approximate surface area is 181 Å². The lowest BCUT2D eigenvalue weighted by Gasteiger charge is -2.17. The zero-order valence-electron chi connectivity index (χ0n) is 18.7. The van der Waals surface area contributed by atoms with Gasteiger partial charge >= 0.3 is 0 Å². The van der Waals surface area contributed by atoms with Crippen LogP contribution in [0.2, 0.25) is 0 Å². The van der Waals surface area contributed by atoms with Gasteiger partial charge in [-0.05, 0) is 44.9 Å². The fraction of sp³-hybridized carbons (Fsp3) is 0.292. The summed E-state index contributed by atoms with van der Waals surface area (Å²) in [6, 6.07) is 4.27. The van der Waals surface area contributed by atoms with Gasteiger partial charge in [0, 0.05) is 24.0 Å². The van der Waals surface area contributed by atoms with E-state index in [0.29, 0.717) is 28.4 Å². The highest BCUT2D eigenvalue weighted by Gasteiger charge is 2.16. The van der Waals surface area contributed by atoms with Crippen LogP contribution in [0.25, 0.3) is 11.3 Å². The van der Waals surface area contributed by atoms with Crippen LogP contribution < -0.4 is 10.3 Å². The van der Waals surface area contributed by atoms with Crippen molar-refractivity contribution in [2.75, 3.05) is 0 Å². The summed E-state index contributed by atoms with van der Waals surface area (Å²) in [5.74, 6) is -1.24. The molecule has 0 saturated heterocycles. The van der Waals surface area contributed by atoms with Gasteiger partial charge in [0.1, 0.15) is 23.9 Å². The van der Waals surface area contributed by atoms with Gasteiger partial charge in [0.15, 0.2) is 5.82 Å². The summed E-state index contributed by atoms with van der Waals surface area (Å²) in [6.07, 6.45) is 2.62. The first kappa shape index (κ1) is 23.9. The van der Waals surface area contributed by atoms with Gasteiger partial charge < -0.3 is 4.74 Å². The molecule has 3 rings (SSSR count). The van der Waals surface area contributed by atoms with Crippen LogP contribution in [0, 0.1) is 32.4 Å². The molecule has 0 fully saturated rings. The Balaban J connectivity index is 0.00000166. The molecule has 3 aromatic heterocycles. The lowest BCUT2D eigenvalue weighted by Crippen LogP contribution is -2.24. The molecule has 0 N–H and O–H groups in total. The summed E-state index contributed by atoms with van der Waals surface area (Å²) >= 11 is 0. The highest BCUT2D eigenvalue weighted by atomic mass is 19.1. The Bertz CT molecular complexity index is 1170. The van der Waals surface area contributed by atoms with E-state index in [0.717, 1.165) is 23.4 Å². The van der Waals surface area contributed by atoms with Gasteiger partial charge in [0.25, 0.3) is 5.56 Å². The average molecular weight is 427 g/mol. The van der Waals surface area contributed by atoms with Crippen molar-refractivity contribution in [2.24, 2.45) is 0 Å². The molecule has 0 aliphatic rings. The van der Waals surface area contributed by atoms with Gasteiger partial charge in [-0.2, -0.15) is 0 Å². The summed E-state index contributed by atoms with van der Waals surface area (Å²) in [5.41, 5.74) is 3.76. The first-order valence-electron chi connectivity index (χ1n) is 9.98. The van der Waals surface area contributed by atoms with Gasteiger partial charge in [0.2, 0.25) is 0 Å². The van der Waals surface area contributed by atoms with E-state index in [9.17, 15) is 13.6 Å². The average Bonchev–Trinajstić information content (AvgIpc) is 2.73. The summed E-state index contributed by atoms with van der Waals surface area (Å²) in [5, 5.41) is 0. The molecule has 0 aliphatic heterocycles. The minimum absolute atomic E-state index is 0.0382. The third-order valence-corrected chi connectivity index (χ3v) is 4.59. The second-order valence-electron chi connectivity index (χ2n) is 6.92. The lowest BCUT2D eigenvalue weighted by atomic mass is 10.1. The predicted molar refractivity (Wildman–Crippen MR) is 119 cm³/mol. The van der Waals surface area contributed by atoms with Crippen LogP contribution in [-0.2, 0) is 6.61 Å². The Kier molecular flexibility index (Phi) is 7.80. The molecule has 31 heavy (non-hydrogen) atoms. The van der Waals surface area contributed by atoms with Gasteiger partial charge in [-0.3, -0.25) is 19.3 Å². The molecule has 0 spiro atoms. The molecular formula is C24H27F2N3O2. The number of rotatable bonds is 5. The van der Waals surface area contributed by atoms with Crippen LogP contribution in [-0.4, -0.2) is 14.5 Å². The number of aryl methyl sites for hydroxylation is 2. The fourth-order valence-electron chi connectivity index (χ4n) is 2.93. The summed E-state index contributed by atoms with van der Waals surface area (Å²) in [6.45, 7) is 14.8. The van der Waals surface area contributed by atoms with Crippen molar-refractivity contribution in [3.8, 4) is 11.4 Å². The van der Waals surface area contributed by atoms with E-state index < -0.39 is 11.6 Å². The summed E-state index contributed by atoms with van der Waals surface area (Å²) in [7, 11) is 0. The molecule has 0 aliphatic carbocycles. The number of aromatic nitrogens is 3. The summed E-state index contributed by atoms with van der Waals surface area (Å²) in [4.78, 5) is 21.1. The largest absolute Gasteiger partial charge is 0.487 e. The van der Waals surface area contributed by atoms with Gasteiger partial charge in [-0.25, -0.2) is 8.78 Å². The minimum Gasteiger partial charge on any atom is -0.487 e. The van der Waals surface area contributed by atoms with E-state index in [4.69, 9.17) is 4.74 Å². The van der Waals surface area contributed by atoms with Crippen molar-refractivity contribution in [2.45, 2.75) is 48.1 Å². The molecule has 164 valence electrons. The van der Waals surface area contributed by atoms with E-state index in [2.05, 4.69) is 16.5 Å². The highest BCUT2D eigenvalue weighted by Crippen LogP contribution is 2.23. The molecular weight excluding hydrogens is 400 g/mol. The maximum Gasteiger partial charge on any atom is 0.261 e. The molecule has 0 atom stereocenters. The fourth-order valence-corrected chi connectivity index (χ4v) is 2.93. The van der Waals surface area contributed by atoms with Crippen LogP contribution >= 0.6 is 0 Å². The number of nitrogens with zero attached hydrogens (tertiary/aromatic N) is 3. The topological polar surface area (TPSA) is 57.0 Å². The van der Waals surface area contributed by atoms with Crippen LogP contribution in [0.15, 0.2) is 42.0 Å². The second kappa shape index (κ2) is 10.1. The molecule has 0 saturated carbocycles. The lowest BCUT2D eigenvalue weighted by molar-refractivity contribution is 0.290. The van der Waals surface area contributed by atoms with Crippen molar-refractivity contribution in [1.29, 1.82) is 0 Å². The smallest absolute Gasteiger partial charge is 0.261 e. The highest BCUT2D eigenvalue weighted by molar-refractivity contribution is 5.61. The van der Waals surface area contributed by atoms with E-state index in [1.165, 1.54) is 0 Å². The molecule has 3 heterocycles. The molecule has 3 aromatic rings. The van der Waals surface area contributed by atoms with Crippen LogP contribution in [0.3, 0.4) is 0 Å². The molecule has 0 radical (unpaired) electrons. The van der Waals surface area contributed by atoms with Crippen molar-refractivity contribution in [1.82, 2.24) is 14.5 Å². The predicted octanol–water partition coefficient (Wildman–Crippen LogP) is 5.47. The Morgan fingerprint density at radius 3 is 2.39 bits per heavy atom. The van der Waals surface area contributed by atoms with Crippen molar-refractivity contribution in [3.05, 3.63) is 87.4 Å². The quantitative estimate of drug-likeness (QED) is 0.542. The van der Waals surface area contributed by atoms with Crippen molar-refractivity contribution < 1.29 is 13.5 Å². The monoisotopic (exact) mass is 427 g/mol. The normalized spacial score (nSPS) is 10.3. The SMILES string of the molecule is C=C(C)c1cc(-n2c(C)cc(OCc3ncc(F)cc3F)c(C)c2=O)c(C)cn1.CC. The number of hydrogen-bond acceptors (Lipinski definition) is 4. The van der Waals surface area contributed by atoms with Gasteiger partial charge in [-0.1, -0.05) is 20.4 Å². The van der Waals surface area contributed by atoms with Crippen LogP contribution in [0.1, 0.15) is 49.0 Å². The van der Waals surface area contributed by atoms with E-state index in [1.54, 1.807) is 30.7 Å². The zero-order chi connectivity index (χ0) is 23.3. The second-order valence-corrected chi connectivity index (χ2v) is 6.92. The Hall–Kier alpha value is -3.35. The molecule has 0 amide bonds. The summed E-state index contributed by atoms with van der Waals surface area (Å²) < 4.78 is 34.0. The number of ether oxygens (including phenoxy) is 1. The standard InChI is InChI=1S/C22H21F2N3O2.C2H6/c1-12(2)18-8-20(13(3)9-25-18)27-14(4)6-21(15(5)22(27)28)29-11-19-17(24)7-16(23)10-26-19;1-2/h6-10H,1,11H2,2-5H3;1-2H3. The zero-order valence-corrected chi connectivity index (χ0v) is 18.7. The molecule has 7 heteroatoms. The maximum atomic E-state index is 13.8. The van der Waals surface area contributed by atoms with E-state index in [-0.39, 0.29) is 17.9 Å². The number of hydrogen-bond donors (Lipinski definition) is 0. The third-order valence-electron chi connectivity index (χ3n) is 4.59. The number of pyridine rings is 3. The van der Waals surface area contributed by atoms with E-state index in [1.807, 2.05) is 33.8 Å². The molecule has 0 aromatic carbocycles. The van der Waals surface area contributed by atoms with Crippen LogP contribution in [0.5, 0.6) is 5.75 Å². The van der Waals surface area contributed by atoms with Crippen LogP contribution in [0.4, 0.5) is 8.78 Å². The minimum atomic E-state index is -0.799. The number of allylic oxidation sites excluding steroid dienone is 1. The first-order valence-corrected chi connectivity index (χ1v) is 9.98. The third kappa shape index (κ3) is 5.23.